The van der Waals surface area contributed by atoms with Crippen LogP contribution in [0.1, 0.15) is 16.1 Å². The molecule has 0 radical (unpaired) electrons. The van der Waals surface area contributed by atoms with Crippen LogP contribution in [0, 0.1) is 11.6 Å². The number of halogens is 3. The van der Waals surface area contributed by atoms with E-state index in [0.717, 1.165) is 11.3 Å². The van der Waals surface area contributed by atoms with E-state index in [0.29, 0.717) is 12.1 Å². The number of aliphatic carboxylic acids is 1. The molecule has 0 saturated heterocycles. The van der Waals surface area contributed by atoms with Crippen LogP contribution < -0.4 is 5.32 Å². The Bertz CT molecular complexity index is 721. The minimum Gasteiger partial charge on any atom is -0.481 e. The van der Waals surface area contributed by atoms with Crippen LogP contribution in [0.4, 0.5) is 13.9 Å². The predicted octanol–water partition coefficient (Wildman–Crippen LogP) is 2.95. The molecule has 0 aliphatic heterocycles. The molecule has 2 aromatic rings. The van der Waals surface area contributed by atoms with Gasteiger partial charge in [-0.05, 0) is 12.1 Å². The molecule has 2 N–H and O–H groups in total. The van der Waals surface area contributed by atoms with E-state index in [1.807, 2.05) is 0 Å². The molecule has 1 aromatic heterocycles. The van der Waals surface area contributed by atoms with Crippen molar-refractivity contribution in [3.63, 3.8) is 0 Å². The van der Waals surface area contributed by atoms with Gasteiger partial charge in [-0.2, -0.15) is 0 Å². The number of hydrogen-bond acceptors (Lipinski definition) is 4. The van der Waals surface area contributed by atoms with Gasteiger partial charge in [0.05, 0.1) is 22.7 Å². The maximum absolute atomic E-state index is 13.6. The Hall–Kier alpha value is -2.06. The Labute approximate surface area is 126 Å². The summed E-state index contributed by atoms with van der Waals surface area (Å²) in [6.07, 6.45) is -0.295. The van der Waals surface area contributed by atoms with Crippen LogP contribution in [0.5, 0.6) is 0 Å². The molecule has 110 valence electrons. The molecule has 0 unspecified atom stereocenters. The second-order valence-corrected chi connectivity index (χ2v) is 5.18. The van der Waals surface area contributed by atoms with E-state index in [9.17, 15) is 18.4 Å². The lowest BCUT2D eigenvalue weighted by molar-refractivity contribution is -0.136. The lowest BCUT2D eigenvalue weighted by Crippen LogP contribution is -2.14. The van der Waals surface area contributed by atoms with Crippen molar-refractivity contribution in [2.24, 2.45) is 0 Å². The van der Waals surface area contributed by atoms with E-state index < -0.39 is 34.1 Å². The minimum atomic E-state index is -1.07. The highest BCUT2D eigenvalue weighted by atomic mass is 35.5. The van der Waals surface area contributed by atoms with Crippen molar-refractivity contribution < 1.29 is 23.5 Å². The molecule has 5 nitrogen and oxygen atoms in total. The van der Waals surface area contributed by atoms with Gasteiger partial charge in [-0.15, -0.1) is 11.3 Å². The second-order valence-electron chi connectivity index (χ2n) is 3.91. The van der Waals surface area contributed by atoms with Crippen LogP contribution in [-0.2, 0) is 11.2 Å². The van der Waals surface area contributed by atoms with Crippen LogP contribution in [-0.4, -0.2) is 22.0 Å². The first kappa shape index (κ1) is 15.3. The fourth-order valence-corrected chi connectivity index (χ4v) is 2.32. The highest BCUT2D eigenvalue weighted by Gasteiger charge is 2.17. The topological polar surface area (TPSA) is 79.3 Å². The number of carbonyl (C=O) groups excluding carboxylic acids is 1. The summed E-state index contributed by atoms with van der Waals surface area (Å²) in [7, 11) is 0. The van der Waals surface area contributed by atoms with Gasteiger partial charge in [0, 0.05) is 5.38 Å². The van der Waals surface area contributed by atoms with Gasteiger partial charge in [-0.25, -0.2) is 13.8 Å². The molecule has 1 amide bonds. The Kier molecular flexibility index (Phi) is 4.49. The largest absolute Gasteiger partial charge is 0.481 e. The third-order valence-electron chi connectivity index (χ3n) is 2.36. The summed E-state index contributed by atoms with van der Waals surface area (Å²) in [5.41, 5.74) is -0.266. The number of rotatable bonds is 4. The monoisotopic (exact) mass is 332 g/mol. The van der Waals surface area contributed by atoms with Crippen LogP contribution in [0.2, 0.25) is 5.02 Å². The zero-order valence-electron chi connectivity index (χ0n) is 10.2. The fourth-order valence-electron chi connectivity index (χ4n) is 1.46. The van der Waals surface area contributed by atoms with Crippen LogP contribution >= 0.6 is 22.9 Å². The summed E-state index contributed by atoms with van der Waals surface area (Å²) in [5, 5.41) is 12.0. The third kappa shape index (κ3) is 3.73. The highest BCUT2D eigenvalue weighted by molar-refractivity contribution is 7.14. The summed E-state index contributed by atoms with van der Waals surface area (Å²) < 4.78 is 26.8. The minimum absolute atomic E-state index is 0.0889. The number of hydrogen-bond donors (Lipinski definition) is 2. The zero-order valence-corrected chi connectivity index (χ0v) is 11.8. The van der Waals surface area contributed by atoms with E-state index in [2.05, 4.69) is 10.3 Å². The van der Waals surface area contributed by atoms with E-state index in [-0.39, 0.29) is 17.2 Å². The molecule has 9 heteroatoms. The molecule has 0 spiro atoms. The quantitative estimate of drug-likeness (QED) is 0.844. The van der Waals surface area contributed by atoms with Crippen LogP contribution in [0.25, 0.3) is 0 Å². The number of nitrogens with zero attached hydrogens (tertiary/aromatic N) is 1. The summed E-state index contributed by atoms with van der Waals surface area (Å²) >= 11 is 6.37. The molecule has 0 aliphatic rings. The number of amides is 1. The Morgan fingerprint density at radius 2 is 2.05 bits per heavy atom. The third-order valence-corrected chi connectivity index (χ3v) is 3.46. The van der Waals surface area contributed by atoms with Gasteiger partial charge in [0.25, 0.3) is 5.91 Å². The molecule has 1 aromatic carbocycles. The van der Waals surface area contributed by atoms with E-state index in [1.165, 1.54) is 5.38 Å². The number of anilines is 1. The normalized spacial score (nSPS) is 10.4. The molecule has 21 heavy (non-hydrogen) atoms. The number of benzene rings is 1. The highest BCUT2D eigenvalue weighted by Crippen LogP contribution is 2.21. The number of nitrogens with one attached hydrogen (secondary N) is 1. The predicted molar refractivity (Wildman–Crippen MR) is 72.8 cm³/mol. The average molecular weight is 333 g/mol. The van der Waals surface area contributed by atoms with Crippen molar-refractivity contribution in [3.05, 3.63) is 45.4 Å². The number of carboxylic acid groups (broad SMARTS) is 1. The Morgan fingerprint density at radius 3 is 2.71 bits per heavy atom. The zero-order chi connectivity index (χ0) is 15.6. The van der Waals surface area contributed by atoms with E-state index >= 15 is 0 Å². The van der Waals surface area contributed by atoms with E-state index in [1.54, 1.807) is 0 Å². The molecule has 2 rings (SSSR count). The number of carboxylic acids is 1. The van der Waals surface area contributed by atoms with Crippen molar-refractivity contribution >= 4 is 39.9 Å². The summed E-state index contributed by atoms with van der Waals surface area (Å²) in [6, 6.07) is 1.38. The van der Waals surface area contributed by atoms with Crippen molar-refractivity contribution in [2.75, 3.05) is 5.32 Å². The van der Waals surface area contributed by atoms with Gasteiger partial charge in [-0.1, -0.05) is 11.6 Å². The van der Waals surface area contributed by atoms with Crippen molar-refractivity contribution in [1.29, 1.82) is 0 Å². The van der Waals surface area contributed by atoms with Gasteiger partial charge in [0.2, 0.25) is 0 Å². The Morgan fingerprint density at radius 1 is 1.33 bits per heavy atom. The lowest BCUT2D eigenvalue weighted by atomic mass is 10.2. The van der Waals surface area contributed by atoms with E-state index in [4.69, 9.17) is 16.7 Å². The first-order valence-corrected chi connectivity index (χ1v) is 6.74. The van der Waals surface area contributed by atoms with Crippen molar-refractivity contribution in [2.45, 2.75) is 6.42 Å². The average Bonchev–Trinajstić information content (AvgIpc) is 2.80. The van der Waals surface area contributed by atoms with Crippen LogP contribution in [0.3, 0.4) is 0 Å². The van der Waals surface area contributed by atoms with Crippen molar-refractivity contribution in [1.82, 2.24) is 4.98 Å². The molecule has 0 fully saturated rings. The smallest absolute Gasteiger partial charge is 0.309 e. The summed E-state index contributed by atoms with van der Waals surface area (Å²) in [5.74, 6) is -3.86. The summed E-state index contributed by atoms with van der Waals surface area (Å²) in [4.78, 5) is 26.2. The van der Waals surface area contributed by atoms with Gasteiger partial charge in [0.1, 0.15) is 11.6 Å². The molecular formula is C12H7ClF2N2O3S. The maximum Gasteiger partial charge on any atom is 0.309 e. The van der Waals surface area contributed by atoms with Crippen molar-refractivity contribution in [3.8, 4) is 0 Å². The summed E-state index contributed by atoms with van der Waals surface area (Å²) in [6.45, 7) is 0. The molecule has 0 saturated carbocycles. The SMILES string of the molecule is O=C(O)Cc1csc(NC(=O)c2cc(F)c(Cl)cc2F)n1. The first-order chi connectivity index (χ1) is 9.86. The molecule has 0 bridgehead atoms. The molecule has 0 aliphatic carbocycles. The number of carbonyl (C=O) groups is 2. The number of thiazole rings is 1. The standard InChI is InChI=1S/C12H7ClF2N2O3S/c13-7-3-8(14)6(2-9(7)15)11(20)17-12-16-5(4-21-12)1-10(18)19/h2-4H,1H2,(H,18,19)(H,16,17,20). The fraction of sp³-hybridized carbons (Fsp3) is 0.0833. The maximum atomic E-state index is 13.6. The molecule has 1 heterocycles. The second kappa shape index (κ2) is 6.15. The van der Waals surface area contributed by atoms with Gasteiger partial charge < -0.3 is 5.11 Å². The lowest BCUT2D eigenvalue weighted by Gasteiger charge is -2.04. The van der Waals surface area contributed by atoms with Gasteiger partial charge in [-0.3, -0.25) is 14.9 Å². The molecular weight excluding hydrogens is 326 g/mol. The van der Waals surface area contributed by atoms with Crippen LogP contribution in [0.15, 0.2) is 17.5 Å². The first-order valence-electron chi connectivity index (χ1n) is 5.49. The molecule has 0 atom stereocenters. The number of aromatic nitrogens is 1. The van der Waals surface area contributed by atoms with Gasteiger partial charge in [0.15, 0.2) is 5.13 Å². The Balaban J connectivity index is 2.16. The van der Waals surface area contributed by atoms with Gasteiger partial charge >= 0.3 is 5.97 Å².